The fraction of sp³-hybridized carbons (Fsp3) is 0.550. The number of nitrogens with zero attached hydrogens (tertiary/aromatic N) is 1. The van der Waals surface area contributed by atoms with Crippen LogP contribution in [0.4, 0.5) is 4.39 Å². The Balaban J connectivity index is 1.72. The van der Waals surface area contributed by atoms with Crippen molar-refractivity contribution in [1.82, 2.24) is 10.2 Å². The van der Waals surface area contributed by atoms with E-state index >= 15 is 0 Å². The lowest BCUT2D eigenvalue weighted by atomic mass is 9.77. The van der Waals surface area contributed by atoms with Gasteiger partial charge in [0.25, 0.3) is 0 Å². The molecule has 0 saturated heterocycles. The average Bonchev–Trinajstić information content (AvgIpc) is 3.10. The third kappa shape index (κ3) is 3.80. The van der Waals surface area contributed by atoms with Crippen molar-refractivity contribution >= 4 is 6.29 Å². The maximum Gasteiger partial charge on any atom is 0.156 e. The van der Waals surface area contributed by atoms with Crippen LogP contribution in [-0.2, 0) is 0 Å². The quantitative estimate of drug-likeness (QED) is 0.792. The van der Waals surface area contributed by atoms with Crippen LogP contribution >= 0.6 is 0 Å². The van der Waals surface area contributed by atoms with Crippen molar-refractivity contribution in [2.75, 3.05) is 13.3 Å². The van der Waals surface area contributed by atoms with Crippen LogP contribution < -0.4 is 10.1 Å². The van der Waals surface area contributed by atoms with Gasteiger partial charge in [-0.25, -0.2) is 4.39 Å². The number of rotatable bonds is 6. The fourth-order valence-electron chi connectivity index (χ4n) is 3.97. The van der Waals surface area contributed by atoms with Crippen LogP contribution in [0.25, 0.3) is 0 Å². The normalized spacial score (nSPS) is 23.4. The molecule has 1 saturated carbocycles. The Morgan fingerprint density at radius 3 is 2.92 bits per heavy atom. The number of halogens is 1. The predicted octanol–water partition coefficient (Wildman–Crippen LogP) is 3.94. The first kappa shape index (κ1) is 17.8. The van der Waals surface area contributed by atoms with Gasteiger partial charge in [-0.3, -0.25) is 4.79 Å². The highest BCUT2D eigenvalue weighted by Gasteiger charge is 2.33. The number of ether oxygens (including phenoxy) is 1. The smallest absolute Gasteiger partial charge is 0.156 e. The Labute approximate surface area is 149 Å². The summed E-state index contributed by atoms with van der Waals surface area (Å²) in [5.41, 5.74) is 1.37. The number of hydrogen-bond acceptors (Lipinski definition) is 4. The zero-order valence-corrected chi connectivity index (χ0v) is 15.0. The van der Waals surface area contributed by atoms with Crippen LogP contribution in [0.15, 0.2) is 30.1 Å². The van der Waals surface area contributed by atoms with E-state index in [2.05, 4.69) is 30.3 Å². The Hall–Kier alpha value is -2.04. The van der Waals surface area contributed by atoms with Crippen molar-refractivity contribution in [2.45, 2.75) is 45.6 Å². The van der Waals surface area contributed by atoms with Gasteiger partial charge in [-0.05, 0) is 38.8 Å². The van der Waals surface area contributed by atoms with Gasteiger partial charge in [0, 0.05) is 29.8 Å². The van der Waals surface area contributed by atoms with E-state index in [1.54, 1.807) is 12.1 Å². The first-order chi connectivity index (χ1) is 12.1. The van der Waals surface area contributed by atoms with Gasteiger partial charge in [-0.15, -0.1) is 0 Å². The van der Waals surface area contributed by atoms with Crippen LogP contribution in [0.2, 0.25) is 0 Å². The van der Waals surface area contributed by atoms with Crippen molar-refractivity contribution in [3.63, 3.8) is 0 Å². The highest BCUT2D eigenvalue weighted by Crippen LogP contribution is 2.38. The number of nitrogens with one attached hydrogen (secondary N) is 1. The van der Waals surface area contributed by atoms with Crippen LogP contribution in [-0.4, -0.2) is 30.5 Å². The summed E-state index contributed by atoms with van der Waals surface area (Å²) in [6.45, 7) is 5.78. The molecule has 1 aromatic rings. The van der Waals surface area contributed by atoms with Gasteiger partial charge in [-0.2, -0.15) is 0 Å². The molecule has 0 spiro atoms. The molecule has 1 heterocycles. The highest BCUT2D eigenvalue weighted by molar-refractivity contribution is 5.79. The minimum atomic E-state index is -0.527. The molecule has 0 radical (unpaired) electrons. The topological polar surface area (TPSA) is 41.6 Å². The van der Waals surface area contributed by atoms with E-state index in [-0.39, 0.29) is 5.56 Å². The van der Waals surface area contributed by atoms with Gasteiger partial charge in [0.05, 0.1) is 18.8 Å². The third-order valence-corrected chi connectivity index (χ3v) is 5.34. The minimum Gasteiger partial charge on any atom is -0.492 e. The molecule has 0 amide bonds. The van der Waals surface area contributed by atoms with Gasteiger partial charge in [0.2, 0.25) is 0 Å². The molecule has 2 atom stereocenters. The number of aldehydes is 1. The van der Waals surface area contributed by atoms with Gasteiger partial charge >= 0.3 is 0 Å². The van der Waals surface area contributed by atoms with Gasteiger partial charge in [0.15, 0.2) is 6.29 Å². The standard InChI is InChI=1S/C20H27FN2O2/c1-14(2)23-13-22-10-19(23)16-7-4-3-6-15(16)12-25-20-9-5-8-18(21)17(20)11-24/h5,8-11,14-16,22H,3-4,6-7,12-13H2,1-2H3. The van der Waals surface area contributed by atoms with Crippen molar-refractivity contribution in [3.05, 3.63) is 41.5 Å². The summed E-state index contributed by atoms with van der Waals surface area (Å²) in [5.74, 6) is 0.642. The molecule has 25 heavy (non-hydrogen) atoms. The lowest BCUT2D eigenvalue weighted by Gasteiger charge is -2.37. The monoisotopic (exact) mass is 346 g/mol. The van der Waals surface area contributed by atoms with Crippen LogP contribution in [0.3, 0.4) is 0 Å². The first-order valence-corrected chi connectivity index (χ1v) is 9.18. The molecule has 1 aliphatic heterocycles. The van der Waals surface area contributed by atoms with Crippen molar-refractivity contribution < 1.29 is 13.9 Å². The molecular formula is C20H27FN2O2. The zero-order valence-electron chi connectivity index (χ0n) is 15.0. The van der Waals surface area contributed by atoms with Gasteiger partial charge in [0.1, 0.15) is 11.6 Å². The molecule has 5 heteroatoms. The van der Waals surface area contributed by atoms with Crippen LogP contribution in [0.1, 0.15) is 49.9 Å². The summed E-state index contributed by atoms with van der Waals surface area (Å²) in [6, 6.07) is 4.99. The Morgan fingerprint density at radius 2 is 2.16 bits per heavy atom. The number of allylic oxidation sites excluding steroid dienone is 1. The first-order valence-electron chi connectivity index (χ1n) is 9.18. The molecule has 1 N–H and O–H groups in total. The second-order valence-electron chi connectivity index (χ2n) is 7.23. The Bertz CT molecular complexity index is 645. The molecular weight excluding hydrogens is 319 g/mol. The molecule has 1 aliphatic carbocycles. The summed E-state index contributed by atoms with van der Waals surface area (Å²) in [6.07, 6.45) is 7.34. The van der Waals surface area contributed by atoms with Crippen LogP contribution in [0.5, 0.6) is 5.75 Å². The van der Waals surface area contributed by atoms with E-state index < -0.39 is 5.82 Å². The summed E-state index contributed by atoms with van der Waals surface area (Å²) >= 11 is 0. The van der Waals surface area contributed by atoms with E-state index in [1.165, 1.54) is 24.6 Å². The van der Waals surface area contributed by atoms with E-state index in [1.807, 2.05) is 0 Å². The molecule has 2 unspecified atom stereocenters. The fourth-order valence-corrected chi connectivity index (χ4v) is 3.97. The molecule has 1 aromatic carbocycles. The number of carbonyl (C=O) groups excluding carboxylic acids is 1. The molecule has 1 fully saturated rings. The van der Waals surface area contributed by atoms with Crippen molar-refractivity contribution in [2.24, 2.45) is 11.8 Å². The summed E-state index contributed by atoms with van der Waals surface area (Å²) in [4.78, 5) is 13.6. The molecule has 0 aromatic heterocycles. The molecule has 0 bridgehead atoms. The van der Waals surface area contributed by atoms with Gasteiger partial charge in [-0.1, -0.05) is 18.9 Å². The Morgan fingerprint density at radius 1 is 1.36 bits per heavy atom. The van der Waals surface area contributed by atoms with Crippen molar-refractivity contribution in [1.29, 1.82) is 0 Å². The maximum atomic E-state index is 13.7. The second kappa shape index (κ2) is 7.89. The SMILES string of the molecule is CC(C)N1CNC=C1C1CCCCC1COc1cccc(F)c1C=O. The number of carbonyl (C=O) groups is 1. The minimum absolute atomic E-state index is 0.0143. The molecule has 2 aliphatic rings. The van der Waals surface area contributed by atoms with E-state index in [4.69, 9.17) is 4.74 Å². The van der Waals surface area contributed by atoms with Gasteiger partial charge < -0.3 is 15.0 Å². The molecule has 4 nitrogen and oxygen atoms in total. The lowest BCUT2D eigenvalue weighted by Crippen LogP contribution is -2.37. The largest absolute Gasteiger partial charge is 0.492 e. The van der Waals surface area contributed by atoms with E-state index in [0.717, 1.165) is 19.5 Å². The van der Waals surface area contributed by atoms with E-state index in [0.29, 0.717) is 36.5 Å². The Kier molecular flexibility index (Phi) is 5.61. The zero-order chi connectivity index (χ0) is 17.8. The summed E-state index contributed by atoms with van der Waals surface area (Å²) in [5, 5.41) is 3.35. The third-order valence-electron chi connectivity index (χ3n) is 5.34. The highest BCUT2D eigenvalue weighted by atomic mass is 19.1. The van der Waals surface area contributed by atoms with Crippen molar-refractivity contribution in [3.8, 4) is 5.75 Å². The molecule has 3 rings (SSSR count). The summed E-state index contributed by atoms with van der Waals surface area (Å²) in [7, 11) is 0. The average molecular weight is 346 g/mol. The lowest BCUT2D eigenvalue weighted by molar-refractivity contribution is 0.110. The maximum absolute atomic E-state index is 13.7. The predicted molar refractivity (Wildman–Crippen MR) is 95.8 cm³/mol. The summed E-state index contributed by atoms with van der Waals surface area (Å²) < 4.78 is 19.6. The number of benzene rings is 1. The van der Waals surface area contributed by atoms with E-state index in [9.17, 15) is 9.18 Å². The number of hydrogen-bond donors (Lipinski definition) is 1. The van der Waals surface area contributed by atoms with Crippen LogP contribution in [0, 0.1) is 17.7 Å². The molecule has 136 valence electrons. The second-order valence-corrected chi connectivity index (χ2v) is 7.23.